The maximum Gasteiger partial charge on any atom is 0.442 e. The number of phenolic OH excluding ortho intramolecular Hbond substituents is 1. The average Bonchev–Trinajstić information content (AvgIpc) is 3.11. The van der Waals surface area contributed by atoms with Crippen molar-refractivity contribution in [3.8, 4) is 5.75 Å². The number of aromatic hydroxyl groups is 1. The van der Waals surface area contributed by atoms with E-state index in [1.165, 1.54) is 0 Å². The van der Waals surface area contributed by atoms with E-state index in [9.17, 15) is 23.1 Å². The fraction of sp³-hybridized carbons (Fsp3) is 0.300. The molecule has 1 aromatic carbocycles. The Morgan fingerprint density at radius 1 is 1.42 bits per heavy atom. The highest BCUT2D eigenvalue weighted by molar-refractivity contribution is 14.1. The van der Waals surface area contributed by atoms with Gasteiger partial charge in [-0.05, 0) is 34.7 Å². The van der Waals surface area contributed by atoms with Gasteiger partial charge in [0.15, 0.2) is 0 Å². The minimum atomic E-state index is -4.69. The normalized spacial score (nSPS) is 16.3. The Bertz CT molecular complexity index is 580. The minimum absolute atomic E-state index is 0.109. The summed E-state index contributed by atoms with van der Waals surface area (Å²) in [4.78, 5) is 11.3. The third-order valence-electron chi connectivity index (χ3n) is 2.56. The van der Waals surface area contributed by atoms with Crippen molar-refractivity contribution in [1.29, 1.82) is 0 Å². The first-order chi connectivity index (χ1) is 8.73. The molecule has 0 bridgehead atoms. The zero-order valence-corrected chi connectivity index (χ0v) is 11.5. The maximum absolute atomic E-state index is 12.9. The standard InChI is InChI=1S/C10H6F3IN2O3/c1-19-8(18)4-2-6(14)5(3-7(4)17)9(15-16-9)10(11,12)13/h2-3,17H,1H3. The second kappa shape index (κ2) is 4.32. The molecule has 102 valence electrons. The van der Waals surface area contributed by atoms with Crippen molar-refractivity contribution in [2.45, 2.75) is 11.8 Å². The van der Waals surface area contributed by atoms with Gasteiger partial charge in [0.25, 0.3) is 0 Å². The predicted molar refractivity (Wildman–Crippen MR) is 64.8 cm³/mol. The van der Waals surface area contributed by atoms with Crippen LogP contribution in [0.1, 0.15) is 15.9 Å². The molecule has 1 heterocycles. The molecule has 1 aromatic rings. The number of hydrogen-bond donors (Lipinski definition) is 1. The first-order valence-corrected chi connectivity index (χ1v) is 5.93. The van der Waals surface area contributed by atoms with Crippen LogP contribution in [-0.4, -0.2) is 24.4 Å². The second-order valence-corrected chi connectivity index (χ2v) is 4.87. The molecule has 0 spiro atoms. The Kier molecular flexibility index (Phi) is 3.19. The summed E-state index contributed by atoms with van der Waals surface area (Å²) in [5, 5.41) is 15.7. The van der Waals surface area contributed by atoms with Gasteiger partial charge in [-0.25, -0.2) is 4.79 Å². The number of phenols is 1. The van der Waals surface area contributed by atoms with Gasteiger partial charge in [-0.3, -0.25) is 0 Å². The molecule has 1 aliphatic heterocycles. The van der Waals surface area contributed by atoms with Crippen molar-refractivity contribution >= 4 is 28.6 Å². The Morgan fingerprint density at radius 2 is 2.00 bits per heavy atom. The quantitative estimate of drug-likeness (QED) is 0.628. The van der Waals surface area contributed by atoms with Gasteiger partial charge in [0.05, 0.1) is 7.11 Å². The van der Waals surface area contributed by atoms with Crippen molar-refractivity contribution in [2.24, 2.45) is 10.2 Å². The Morgan fingerprint density at radius 3 is 2.42 bits per heavy atom. The van der Waals surface area contributed by atoms with Crippen LogP contribution in [0, 0.1) is 3.57 Å². The van der Waals surface area contributed by atoms with Gasteiger partial charge < -0.3 is 9.84 Å². The van der Waals surface area contributed by atoms with Gasteiger partial charge >= 0.3 is 17.8 Å². The van der Waals surface area contributed by atoms with Crippen molar-refractivity contribution in [3.63, 3.8) is 0 Å². The molecule has 0 saturated carbocycles. The number of benzene rings is 1. The number of hydrogen-bond acceptors (Lipinski definition) is 5. The number of rotatable bonds is 2. The summed E-state index contributed by atoms with van der Waals surface area (Å²) in [5.74, 6) is -1.45. The summed E-state index contributed by atoms with van der Waals surface area (Å²) < 4.78 is 43.1. The molecule has 0 unspecified atom stereocenters. The number of esters is 1. The SMILES string of the molecule is COC(=O)c1cc(I)c(C2(C(F)(F)F)N=N2)cc1O. The van der Waals surface area contributed by atoms with Crippen LogP contribution in [0.2, 0.25) is 0 Å². The summed E-state index contributed by atoms with van der Waals surface area (Å²) in [5.41, 5.74) is -3.16. The van der Waals surface area contributed by atoms with Gasteiger partial charge in [0, 0.05) is 9.13 Å². The van der Waals surface area contributed by atoms with Gasteiger partial charge in [0.2, 0.25) is 0 Å². The molecule has 5 nitrogen and oxygen atoms in total. The summed E-state index contributed by atoms with van der Waals surface area (Å²) in [7, 11) is 1.10. The summed E-state index contributed by atoms with van der Waals surface area (Å²) in [6.45, 7) is 0. The molecule has 1 N–H and O–H groups in total. The fourth-order valence-corrected chi connectivity index (χ4v) is 2.37. The molecule has 2 rings (SSSR count). The van der Waals surface area contributed by atoms with Crippen LogP contribution in [0.25, 0.3) is 0 Å². The second-order valence-electron chi connectivity index (χ2n) is 3.71. The van der Waals surface area contributed by atoms with E-state index in [-0.39, 0.29) is 14.7 Å². The zero-order valence-electron chi connectivity index (χ0n) is 9.32. The molecule has 0 fully saturated rings. The van der Waals surface area contributed by atoms with Crippen LogP contribution in [0.5, 0.6) is 5.75 Å². The van der Waals surface area contributed by atoms with E-state index in [2.05, 4.69) is 15.0 Å². The van der Waals surface area contributed by atoms with E-state index in [0.717, 1.165) is 19.2 Å². The lowest BCUT2D eigenvalue weighted by Crippen LogP contribution is -2.31. The number of methoxy groups -OCH3 is 1. The Labute approximate surface area is 118 Å². The number of alkyl halides is 3. The predicted octanol–water partition coefficient (Wildman–Crippen LogP) is 2.96. The van der Waals surface area contributed by atoms with Crippen molar-refractivity contribution < 1.29 is 27.8 Å². The highest BCUT2D eigenvalue weighted by atomic mass is 127. The Balaban J connectivity index is 2.51. The van der Waals surface area contributed by atoms with E-state index >= 15 is 0 Å². The van der Waals surface area contributed by atoms with Gasteiger partial charge in [-0.15, -0.1) is 10.2 Å². The number of halogens is 4. The number of carbonyl (C=O) groups is 1. The Hall–Kier alpha value is -1.39. The molecule has 0 aromatic heterocycles. The maximum atomic E-state index is 12.9. The van der Waals surface area contributed by atoms with E-state index < -0.39 is 23.6 Å². The lowest BCUT2D eigenvalue weighted by atomic mass is 10.0. The first kappa shape index (κ1) is 14.0. The van der Waals surface area contributed by atoms with Crippen LogP contribution in [-0.2, 0) is 10.4 Å². The summed E-state index contributed by atoms with van der Waals surface area (Å²) in [6.07, 6.45) is -4.69. The monoisotopic (exact) mass is 386 g/mol. The highest BCUT2D eigenvalue weighted by Gasteiger charge is 2.66. The lowest BCUT2D eigenvalue weighted by molar-refractivity contribution is -0.166. The van der Waals surface area contributed by atoms with Gasteiger partial charge in [-0.2, -0.15) is 13.2 Å². The van der Waals surface area contributed by atoms with E-state index in [4.69, 9.17) is 0 Å². The summed E-state index contributed by atoms with van der Waals surface area (Å²) in [6, 6.07) is 1.94. The number of nitrogens with zero attached hydrogens (tertiary/aromatic N) is 2. The minimum Gasteiger partial charge on any atom is -0.507 e. The first-order valence-electron chi connectivity index (χ1n) is 4.85. The van der Waals surface area contributed by atoms with Gasteiger partial charge in [0.1, 0.15) is 11.3 Å². The molecule has 19 heavy (non-hydrogen) atoms. The molecular weight excluding hydrogens is 380 g/mol. The number of ether oxygens (including phenoxy) is 1. The zero-order chi connectivity index (χ0) is 14.4. The number of carbonyl (C=O) groups excluding carboxylic acids is 1. The van der Waals surface area contributed by atoms with E-state index in [0.29, 0.717) is 0 Å². The van der Waals surface area contributed by atoms with Crippen molar-refractivity contribution in [2.75, 3.05) is 7.11 Å². The lowest BCUT2D eigenvalue weighted by Gasteiger charge is -2.17. The molecule has 1 aliphatic rings. The van der Waals surface area contributed by atoms with E-state index in [1.807, 2.05) is 0 Å². The third kappa shape index (κ3) is 2.15. The van der Waals surface area contributed by atoms with E-state index in [1.54, 1.807) is 22.6 Å². The van der Waals surface area contributed by atoms with Gasteiger partial charge in [-0.1, -0.05) is 0 Å². The molecule has 0 amide bonds. The third-order valence-corrected chi connectivity index (χ3v) is 3.45. The average molecular weight is 386 g/mol. The highest BCUT2D eigenvalue weighted by Crippen LogP contribution is 2.54. The van der Waals surface area contributed by atoms with Crippen LogP contribution in [0.15, 0.2) is 22.4 Å². The largest absolute Gasteiger partial charge is 0.507 e. The van der Waals surface area contributed by atoms with Crippen molar-refractivity contribution in [3.05, 3.63) is 26.8 Å². The molecule has 0 saturated heterocycles. The molecule has 0 atom stereocenters. The molecular formula is C10H6F3IN2O3. The molecule has 0 aliphatic carbocycles. The van der Waals surface area contributed by atoms with Crippen LogP contribution in [0.4, 0.5) is 13.2 Å². The summed E-state index contributed by atoms with van der Waals surface area (Å²) >= 11 is 1.62. The topological polar surface area (TPSA) is 71.2 Å². The van der Waals surface area contributed by atoms with Crippen LogP contribution < -0.4 is 0 Å². The molecule has 9 heteroatoms. The van der Waals surface area contributed by atoms with Crippen LogP contribution >= 0.6 is 22.6 Å². The smallest absolute Gasteiger partial charge is 0.442 e. The fourth-order valence-electron chi connectivity index (χ4n) is 1.53. The van der Waals surface area contributed by atoms with Crippen molar-refractivity contribution in [1.82, 2.24) is 0 Å². The van der Waals surface area contributed by atoms with Crippen LogP contribution in [0.3, 0.4) is 0 Å². The molecule has 0 radical (unpaired) electrons.